The third kappa shape index (κ3) is 4.65. The molecule has 0 spiro atoms. The van der Waals surface area contributed by atoms with Crippen LogP contribution in [0.25, 0.3) is 44.5 Å². The summed E-state index contributed by atoms with van der Waals surface area (Å²) in [5.41, 5.74) is 3.35. The first-order valence-corrected chi connectivity index (χ1v) is 13.3. The molecule has 2 heteroatoms. The number of rotatable bonds is 10. The van der Waals surface area contributed by atoms with Gasteiger partial charge in [-0.3, -0.25) is 0 Å². The van der Waals surface area contributed by atoms with Crippen molar-refractivity contribution in [2.45, 2.75) is 46.5 Å². The van der Waals surface area contributed by atoms with Gasteiger partial charge in [0, 0.05) is 5.56 Å². The number of methoxy groups -OCH3 is 1. The minimum Gasteiger partial charge on any atom is -0.496 e. The molecule has 1 atom stereocenters. The quantitative estimate of drug-likeness (QED) is 0.147. The van der Waals surface area contributed by atoms with Gasteiger partial charge in [0.15, 0.2) is 0 Å². The summed E-state index contributed by atoms with van der Waals surface area (Å²) in [5.74, 6) is 2.40. The van der Waals surface area contributed by atoms with E-state index >= 15 is 0 Å². The van der Waals surface area contributed by atoms with Crippen LogP contribution in [-0.2, 0) is 0 Å². The van der Waals surface area contributed by atoms with Gasteiger partial charge in [-0.15, -0.1) is 0 Å². The maximum Gasteiger partial charge on any atom is 0.127 e. The predicted molar refractivity (Wildman–Crippen MR) is 156 cm³/mol. The molecule has 0 aliphatic heterocycles. The van der Waals surface area contributed by atoms with Gasteiger partial charge < -0.3 is 9.47 Å². The number of benzene rings is 5. The van der Waals surface area contributed by atoms with Gasteiger partial charge in [-0.25, -0.2) is 0 Å². The molecule has 5 aromatic carbocycles. The molecule has 0 aliphatic carbocycles. The average Bonchev–Trinajstić information content (AvgIpc) is 2.91. The molecule has 0 saturated carbocycles. The maximum atomic E-state index is 6.43. The summed E-state index contributed by atoms with van der Waals surface area (Å²) in [7, 11) is 1.73. The van der Waals surface area contributed by atoms with Crippen molar-refractivity contribution in [1.29, 1.82) is 0 Å². The van der Waals surface area contributed by atoms with Crippen molar-refractivity contribution < 1.29 is 9.47 Å². The Morgan fingerprint density at radius 3 is 2.19 bits per heavy atom. The van der Waals surface area contributed by atoms with Crippen LogP contribution in [0.3, 0.4) is 0 Å². The van der Waals surface area contributed by atoms with Crippen LogP contribution in [0.1, 0.15) is 56.2 Å². The molecule has 2 nitrogen and oxygen atoms in total. The van der Waals surface area contributed by atoms with Crippen LogP contribution < -0.4 is 9.47 Å². The van der Waals surface area contributed by atoms with E-state index in [-0.39, 0.29) is 0 Å². The zero-order chi connectivity index (χ0) is 25.1. The van der Waals surface area contributed by atoms with E-state index in [0.717, 1.165) is 35.7 Å². The molecule has 0 heterocycles. The zero-order valence-electron chi connectivity index (χ0n) is 21.9. The van der Waals surface area contributed by atoms with E-state index in [1.165, 1.54) is 57.1 Å². The summed E-state index contributed by atoms with van der Waals surface area (Å²) in [6.07, 6.45) is 9.24. The van der Waals surface area contributed by atoms with E-state index in [0.29, 0.717) is 5.92 Å². The lowest BCUT2D eigenvalue weighted by Crippen LogP contribution is -2.12. The highest BCUT2D eigenvalue weighted by Gasteiger charge is 2.13. The number of aryl methyl sites for hydroxylation is 1. The first-order valence-electron chi connectivity index (χ1n) is 13.3. The first-order chi connectivity index (χ1) is 17.6. The van der Waals surface area contributed by atoms with E-state index in [9.17, 15) is 0 Å². The molecule has 36 heavy (non-hydrogen) atoms. The Hall–Kier alpha value is -3.52. The molecule has 0 aliphatic rings. The lowest BCUT2D eigenvalue weighted by Gasteiger charge is -2.18. The Morgan fingerprint density at radius 2 is 1.47 bits per heavy atom. The minimum atomic E-state index is 0.585. The Balaban J connectivity index is 1.53. The van der Waals surface area contributed by atoms with Gasteiger partial charge >= 0.3 is 0 Å². The van der Waals surface area contributed by atoms with Crippen molar-refractivity contribution in [3.05, 3.63) is 83.4 Å². The zero-order valence-corrected chi connectivity index (χ0v) is 21.9. The second-order valence-corrected chi connectivity index (χ2v) is 9.93. The number of hydrogen-bond acceptors (Lipinski definition) is 2. The predicted octanol–water partition coefficient (Wildman–Crippen LogP) is 9.67. The lowest BCUT2D eigenvalue weighted by atomic mass is 9.92. The average molecular weight is 477 g/mol. The first kappa shape index (κ1) is 24.2. The topological polar surface area (TPSA) is 18.5 Å². The smallest absolute Gasteiger partial charge is 0.127 e. The van der Waals surface area contributed by atoms with Gasteiger partial charge in [-0.05, 0) is 74.8 Å². The van der Waals surface area contributed by atoms with Crippen LogP contribution in [0, 0.1) is 12.8 Å². The van der Waals surface area contributed by atoms with Crippen molar-refractivity contribution >= 4 is 44.5 Å². The van der Waals surface area contributed by atoms with Gasteiger partial charge in [-0.2, -0.15) is 0 Å². The highest BCUT2D eigenvalue weighted by Crippen LogP contribution is 2.37. The Labute approximate surface area is 214 Å². The molecule has 0 N–H and O–H groups in total. The monoisotopic (exact) mass is 476 g/mol. The molecule has 0 fully saturated rings. The molecular weight excluding hydrogens is 440 g/mol. The molecule has 0 aromatic heterocycles. The summed E-state index contributed by atoms with van der Waals surface area (Å²) >= 11 is 0. The molecule has 0 amide bonds. The lowest BCUT2D eigenvalue weighted by molar-refractivity contribution is 0.232. The van der Waals surface area contributed by atoms with E-state index in [2.05, 4.69) is 99.7 Å². The van der Waals surface area contributed by atoms with Gasteiger partial charge in [0.05, 0.1) is 13.7 Å². The molecule has 5 aromatic rings. The second kappa shape index (κ2) is 10.6. The van der Waals surface area contributed by atoms with Crippen molar-refractivity contribution in [2.75, 3.05) is 13.7 Å². The minimum absolute atomic E-state index is 0.585. The van der Waals surface area contributed by atoms with Crippen molar-refractivity contribution in [1.82, 2.24) is 0 Å². The Morgan fingerprint density at radius 1 is 0.778 bits per heavy atom. The summed E-state index contributed by atoms with van der Waals surface area (Å²) in [4.78, 5) is 0. The summed E-state index contributed by atoms with van der Waals surface area (Å²) in [6.45, 7) is 7.34. The molecule has 5 rings (SSSR count). The fourth-order valence-electron chi connectivity index (χ4n) is 5.34. The molecular formula is C34H36O2. The van der Waals surface area contributed by atoms with Gasteiger partial charge in [-0.1, -0.05) is 99.9 Å². The fraction of sp³-hybridized carbons (Fsp3) is 0.294. The van der Waals surface area contributed by atoms with E-state index in [1.807, 2.05) is 0 Å². The van der Waals surface area contributed by atoms with Crippen molar-refractivity contribution in [2.24, 2.45) is 5.92 Å². The van der Waals surface area contributed by atoms with Gasteiger partial charge in [0.1, 0.15) is 11.5 Å². The number of ether oxygens (including phenoxy) is 2. The summed E-state index contributed by atoms with van der Waals surface area (Å²) < 4.78 is 12.1. The van der Waals surface area contributed by atoms with Crippen LogP contribution in [0.15, 0.2) is 66.7 Å². The van der Waals surface area contributed by atoms with E-state index < -0.39 is 0 Å². The van der Waals surface area contributed by atoms with Crippen LogP contribution in [0.5, 0.6) is 11.5 Å². The van der Waals surface area contributed by atoms with E-state index in [1.54, 1.807) is 7.11 Å². The number of hydrogen-bond donors (Lipinski definition) is 0. The number of unbranched alkanes of at least 4 members (excludes halogenated alkanes) is 1. The SMILES string of the molecule is CCCCC(CC)COc1cc(C)c(OC)cc1C=Cc1ccc2ccc3cccc4ccc1c2c34. The highest BCUT2D eigenvalue weighted by atomic mass is 16.5. The molecule has 0 saturated heterocycles. The van der Waals surface area contributed by atoms with Crippen molar-refractivity contribution in [3.63, 3.8) is 0 Å². The van der Waals surface area contributed by atoms with Crippen LogP contribution >= 0.6 is 0 Å². The van der Waals surface area contributed by atoms with Gasteiger partial charge in [0.25, 0.3) is 0 Å². The maximum absolute atomic E-state index is 6.43. The van der Waals surface area contributed by atoms with Crippen LogP contribution in [-0.4, -0.2) is 13.7 Å². The largest absolute Gasteiger partial charge is 0.496 e. The molecule has 184 valence electrons. The Bertz CT molecular complexity index is 1500. The van der Waals surface area contributed by atoms with Crippen LogP contribution in [0.2, 0.25) is 0 Å². The molecule has 0 bridgehead atoms. The third-order valence-electron chi connectivity index (χ3n) is 7.55. The normalized spacial score (nSPS) is 12.8. The highest BCUT2D eigenvalue weighted by molar-refractivity contribution is 6.24. The van der Waals surface area contributed by atoms with Gasteiger partial charge in [0.2, 0.25) is 0 Å². The third-order valence-corrected chi connectivity index (χ3v) is 7.55. The standard InChI is InChI=1S/C34H36O2/c1-5-7-9-24(6-2)22-36-32-20-23(3)31(35-4)21-29(32)17-13-25-12-14-28-16-15-26-10-8-11-27-18-19-30(25)34(28)33(26)27/h8,10-21,24H,5-7,9,22H2,1-4H3. The van der Waals surface area contributed by atoms with E-state index in [4.69, 9.17) is 9.47 Å². The molecule has 1 unspecified atom stereocenters. The summed E-state index contributed by atoms with van der Waals surface area (Å²) in [5, 5.41) is 7.83. The fourth-order valence-corrected chi connectivity index (χ4v) is 5.34. The second-order valence-electron chi connectivity index (χ2n) is 9.93. The Kier molecular flexibility index (Phi) is 7.13. The van der Waals surface area contributed by atoms with Crippen molar-refractivity contribution in [3.8, 4) is 11.5 Å². The summed E-state index contributed by atoms with van der Waals surface area (Å²) in [6, 6.07) is 24.2. The van der Waals surface area contributed by atoms with Crippen LogP contribution in [0.4, 0.5) is 0 Å². The molecule has 0 radical (unpaired) electrons.